The van der Waals surface area contributed by atoms with E-state index in [9.17, 15) is 4.79 Å². The molecule has 1 aromatic rings. The first-order chi connectivity index (χ1) is 12.1. The molecule has 140 valence electrons. The number of nitrogens with zero attached hydrogens (tertiary/aromatic N) is 1. The molecule has 0 aromatic heterocycles. The number of hydrogen-bond donors (Lipinski definition) is 0. The fourth-order valence-electron chi connectivity index (χ4n) is 3.19. The zero-order valence-electron chi connectivity index (χ0n) is 15.6. The molecule has 0 N–H and O–H groups in total. The van der Waals surface area contributed by atoms with Gasteiger partial charge in [-0.25, -0.2) is 0 Å². The summed E-state index contributed by atoms with van der Waals surface area (Å²) >= 11 is 6.41. The van der Waals surface area contributed by atoms with Crippen molar-refractivity contribution in [3.63, 3.8) is 0 Å². The third kappa shape index (κ3) is 5.19. The highest BCUT2D eigenvalue weighted by molar-refractivity contribution is 6.32. The lowest BCUT2D eigenvalue weighted by Gasteiger charge is -2.33. The smallest absolute Gasteiger partial charge is 0.245 e. The molecule has 0 spiro atoms. The molecule has 0 bridgehead atoms. The minimum atomic E-state index is -0.525. The Balaban J connectivity index is 2.38. The van der Waals surface area contributed by atoms with Crippen LogP contribution in [0.1, 0.15) is 51.2 Å². The van der Waals surface area contributed by atoms with Crippen LogP contribution in [0.3, 0.4) is 0 Å². The number of halogens is 1. The summed E-state index contributed by atoms with van der Waals surface area (Å²) in [6.45, 7) is 7.98. The first kappa shape index (κ1) is 20.2. The second kappa shape index (κ2) is 10.1. The minimum Gasteiger partial charge on any atom is -0.351 e. The number of rotatable bonds is 8. The van der Waals surface area contributed by atoms with Gasteiger partial charge < -0.3 is 14.4 Å². The van der Waals surface area contributed by atoms with Crippen molar-refractivity contribution >= 4 is 23.2 Å². The SMILES string of the molecule is CCCC(Cl)C(=O)N(CC1OCCCO1)c1c(CC)cccc1CC. The second-order valence-corrected chi connectivity index (χ2v) is 6.89. The summed E-state index contributed by atoms with van der Waals surface area (Å²) in [6, 6.07) is 6.22. The van der Waals surface area contributed by atoms with Crippen molar-refractivity contribution in [1.29, 1.82) is 0 Å². The van der Waals surface area contributed by atoms with Crippen LogP contribution >= 0.6 is 11.6 Å². The van der Waals surface area contributed by atoms with E-state index in [4.69, 9.17) is 21.1 Å². The largest absolute Gasteiger partial charge is 0.351 e. The standard InChI is InChI=1S/C20H30ClNO3/c1-4-9-17(21)20(23)22(14-18-24-12-8-13-25-18)19-15(5-2)10-7-11-16(19)6-3/h7,10-11,17-18H,4-6,8-9,12-14H2,1-3H3. The van der Waals surface area contributed by atoms with Gasteiger partial charge in [0.05, 0.1) is 25.4 Å². The summed E-state index contributed by atoms with van der Waals surface area (Å²) in [5, 5.41) is -0.525. The molecular weight excluding hydrogens is 338 g/mol. The average molecular weight is 368 g/mol. The molecule has 1 aliphatic heterocycles. The first-order valence-corrected chi connectivity index (χ1v) is 9.85. The van der Waals surface area contributed by atoms with Crippen LogP contribution < -0.4 is 4.90 Å². The summed E-state index contributed by atoms with van der Waals surface area (Å²) in [5.41, 5.74) is 3.30. The first-order valence-electron chi connectivity index (χ1n) is 9.41. The van der Waals surface area contributed by atoms with Crippen molar-refractivity contribution in [2.45, 2.75) is 64.5 Å². The number of carbonyl (C=O) groups is 1. The minimum absolute atomic E-state index is 0.0584. The maximum atomic E-state index is 13.1. The number of benzene rings is 1. The summed E-state index contributed by atoms with van der Waals surface area (Å²) in [5.74, 6) is -0.0584. The zero-order chi connectivity index (χ0) is 18.2. The Morgan fingerprint density at radius 1 is 1.20 bits per heavy atom. The molecule has 2 rings (SSSR count). The van der Waals surface area contributed by atoms with E-state index in [-0.39, 0.29) is 5.91 Å². The van der Waals surface area contributed by atoms with Gasteiger partial charge in [0.2, 0.25) is 5.91 Å². The molecule has 1 aliphatic rings. The number of alkyl halides is 1. The number of anilines is 1. The molecule has 1 unspecified atom stereocenters. The van der Waals surface area contributed by atoms with Gasteiger partial charge in [0.15, 0.2) is 6.29 Å². The van der Waals surface area contributed by atoms with E-state index in [2.05, 4.69) is 32.0 Å². The lowest BCUT2D eigenvalue weighted by Crippen LogP contribution is -2.45. The Morgan fingerprint density at radius 2 is 1.80 bits per heavy atom. The lowest BCUT2D eigenvalue weighted by atomic mass is 10.0. The molecule has 1 heterocycles. The molecule has 1 saturated heterocycles. The van der Waals surface area contributed by atoms with Gasteiger partial charge in [0.25, 0.3) is 0 Å². The van der Waals surface area contributed by atoms with E-state index in [1.165, 1.54) is 0 Å². The van der Waals surface area contributed by atoms with Crippen LogP contribution in [0.2, 0.25) is 0 Å². The van der Waals surface area contributed by atoms with Crippen LogP contribution in [-0.2, 0) is 27.1 Å². The Bertz CT molecular complexity index is 536. The highest BCUT2D eigenvalue weighted by atomic mass is 35.5. The van der Waals surface area contributed by atoms with Gasteiger partial charge in [0.1, 0.15) is 5.38 Å². The van der Waals surface area contributed by atoms with E-state index in [1.807, 2.05) is 6.92 Å². The Hall–Kier alpha value is -1.10. The van der Waals surface area contributed by atoms with E-state index in [0.717, 1.165) is 42.5 Å². The van der Waals surface area contributed by atoms with Gasteiger partial charge in [-0.15, -0.1) is 11.6 Å². The monoisotopic (exact) mass is 367 g/mol. The Labute approximate surface area is 156 Å². The third-order valence-electron chi connectivity index (χ3n) is 4.54. The van der Waals surface area contributed by atoms with Crippen LogP contribution in [-0.4, -0.2) is 37.3 Å². The number of amides is 1. The van der Waals surface area contributed by atoms with E-state index < -0.39 is 11.7 Å². The lowest BCUT2D eigenvalue weighted by molar-refractivity contribution is -0.173. The van der Waals surface area contributed by atoms with E-state index in [1.54, 1.807) is 4.90 Å². The highest BCUT2D eigenvalue weighted by Gasteiger charge is 2.29. The number of para-hydroxylation sites is 1. The van der Waals surface area contributed by atoms with Crippen molar-refractivity contribution in [2.24, 2.45) is 0 Å². The molecule has 1 amide bonds. The summed E-state index contributed by atoms with van der Waals surface area (Å²) in [4.78, 5) is 14.9. The van der Waals surface area contributed by atoms with Gasteiger partial charge in [-0.1, -0.05) is 45.4 Å². The fourth-order valence-corrected chi connectivity index (χ4v) is 3.53. The molecule has 1 atom stereocenters. The molecule has 25 heavy (non-hydrogen) atoms. The molecule has 5 heteroatoms. The molecule has 0 radical (unpaired) electrons. The highest BCUT2D eigenvalue weighted by Crippen LogP contribution is 2.29. The second-order valence-electron chi connectivity index (χ2n) is 6.36. The topological polar surface area (TPSA) is 38.8 Å². The summed E-state index contributed by atoms with van der Waals surface area (Å²) < 4.78 is 11.4. The quantitative estimate of drug-likeness (QED) is 0.642. The maximum absolute atomic E-state index is 13.1. The van der Waals surface area contributed by atoms with Crippen LogP contribution in [0.15, 0.2) is 18.2 Å². The van der Waals surface area contributed by atoms with Crippen molar-refractivity contribution in [3.8, 4) is 0 Å². The molecule has 4 nitrogen and oxygen atoms in total. The van der Waals surface area contributed by atoms with Crippen molar-refractivity contribution in [2.75, 3.05) is 24.7 Å². The van der Waals surface area contributed by atoms with E-state index >= 15 is 0 Å². The molecule has 0 aliphatic carbocycles. The van der Waals surface area contributed by atoms with Gasteiger partial charge in [-0.3, -0.25) is 4.79 Å². The number of carbonyl (C=O) groups excluding carboxylic acids is 1. The predicted octanol–water partition coefficient (Wildman–Crippen LogP) is 4.31. The van der Waals surface area contributed by atoms with E-state index in [0.29, 0.717) is 26.2 Å². The summed E-state index contributed by atoms with van der Waals surface area (Å²) in [7, 11) is 0. The molecule has 1 aromatic carbocycles. The molecule has 1 fully saturated rings. The molecule has 0 saturated carbocycles. The number of aryl methyl sites for hydroxylation is 2. The maximum Gasteiger partial charge on any atom is 0.245 e. The van der Waals surface area contributed by atoms with Gasteiger partial charge in [0, 0.05) is 0 Å². The van der Waals surface area contributed by atoms with Crippen LogP contribution in [0.25, 0.3) is 0 Å². The summed E-state index contributed by atoms with van der Waals surface area (Å²) in [6.07, 6.45) is 3.77. The van der Waals surface area contributed by atoms with Crippen molar-refractivity contribution < 1.29 is 14.3 Å². The van der Waals surface area contributed by atoms with Gasteiger partial charge in [-0.05, 0) is 36.8 Å². The normalized spacial score (nSPS) is 16.6. The van der Waals surface area contributed by atoms with Gasteiger partial charge >= 0.3 is 0 Å². The Morgan fingerprint density at radius 3 is 2.32 bits per heavy atom. The zero-order valence-corrected chi connectivity index (χ0v) is 16.3. The van der Waals surface area contributed by atoms with Crippen molar-refractivity contribution in [3.05, 3.63) is 29.3 Å². The van der Waals surface area contributed by atoms with Crippen molar-refractivity contribution in [1.82, 2.24) is 0 Å². The number of hydrogen-bond acceptors (Lipinski definition) is 3. The predicted molar refractivity (Wildman–Crippen MR) is 102 cm³/mol. The number of ether oxygens (including phenoxy) is 2. The van der Waals surface area contributed by atoms with Gasteiger partial charge in [-0.2, -0.15) is 0 Å². The van der Waals surface area contributed by atoms with Crippen LogP contribution in [0.5, 0.6) is 0 Å². The Kier molecular flexibility index (Phi) is 8.20. The molecular formula is C20H30ClNO3. The average Bonchev–Trinajstić information content (AvgIpc) is 2.66. The fraction of sp³-hybridized carbons (Fsp3) is 0.650. The van der Waals surface area contributed by atoms with Crippen LogP contribution in [0, 0.1) is 0 Å². The van der Waals surface area contributed by atoms with Crippen LogP contribution in [0.4, 0.5) is 5.69 Å². The third-order valence-corrected chi connectivity index (χ3v) is 4.94.